The average Bonchev–Trinajstić information content (AvgIpc) is 3.88. The number of rotatable bonds is 19. The predicted molar refractivity (Wildman–Crippen MR) is 229 cm³/mol. The Morgan fingerprint density at radius 2 is 1.53 bits per heavy atom. The van der Waals surface area contributed by atoms with Crippen LogP contribution in [0.1, 0.15) is 65.0 Å². The van der Waals surface area contributed by atoms with Crippen LogP contribution in [0.4, 0.5) is 4.79 Å². The van der Waals surface area contributed by atoms with Gasteiger partial charge in [-0.3, -0.25) is 19.4 Å². The summed E-state index contributed by atoms with van der Waals surface area (Å²) in [7, 11) is 0. The highest BCUT2D eigenvalue weighted by atomic mass is 35.5. The average molecular weight is 821 g/mol. The van der Waals surface area contributed by atoms with E-state index in [1.54, 1.807) is 4.90 Å². The quantitative estimate of drug-likeness (QED) is 0.0332. The summed E-state index contributed by atoms with van der Waals surface area (Å²) in [6.45, 7) is 0.666. The number of aliphatic imine (C=N–C) groups is 1. The lowest BCUT2D eigenvalue weighted by molar-refractivity contribution is -0.139. The van der Waals surface area contributed by atoms with Gasteiger partial charge in [-0.2, -0.15) is 0 Å². The molecule has 13 heteroatoms. The van der Waals surface area contributed by atoms with Gasteiger partial charge in [0.1, 0.15) is 12.6 Å². The molecule has 0 aliphatic carbocycles. The molecule has 4 aromatic carbocycles. The minimum atomic E-state index is -0.964. The van der Waals surface area contributed by atoms with Gasteiger partial charge in [-0.05, 0) is 91.8 Å². The van der Waals surface area contributed by atoms with Crippen LogP contribution in [0.2, 0.25) is 5.02 Å². The number of guanidine groups is 1. The number of aromatic nitrogens is 1. The van der Waals surface area contributed by atoms with Gasteiger partial charge in [0.25, 0.3) is 0 Å². The molecule has 0 unspecified atom stereocenters. The summed E-state index contributed by atoms with van der Waals surface area (Å²) in [5.41, 5.74) is 14.8. The molecule has 2 amide bonds. The summed E-state index contributed by atoms with van der Waals surface area (Å²) in [5, 5.41) is 3.82. The fourth-order valence-electron chi connectivity index (χ4n) is 7.43. The number of fused-ring (bicyclic) bond motifs is 1. The van der Waals surface area contributed by atoms with Gasteiger partial charge in [-0.1, -0.05) is 96.5 Å². The number of carbonyl (C=O) groups excluding carboxylic acids is 4. The lowest BCUT2D eigenvalue weighted by Crippen LogP contribution is -2.52. The molecular formula is C45H49ClN6O5S. The molecule has 11 nitrogen and oxygen atoms in total. The van der Waals surface area contributed by atoms with E-state index in [1.807, 2.05) is 109 Å². The van der Waals surface area contributed by atoms with Crippen LogP contribution < -0.4 is 16.8 Å². The van der Waals surface area contributed by atoms with Crippen molar-refractivity contribution < 1.29 is 23.9 Å². The molecular weight excluding hydrogens is 772 g/mol. The maximum absolute atomic E-state index is 14.7. The number of likely N-dealkylation sites (tertiary alicyclic amines) is 1. The molecule has 1 fully saturated rings. The number of Topliss-reactive ketones (excluding diaryl/α,β-unsaturated/α-hetero) is 2. The van der Waals surface area contributed by atoms with Gasteiger partial charge < -0.3 is 26.4 Å². The van der Waals surface area contributed by atoms with E-state index in [0.29, 0.717) is 60.7 Å². The standard InChI is InChI=1S/C45H49ClN6O5S/c46-35-22-19-31(20-23-35)17-18-33-26-38(39(53)27-34(14-9-25-49-44(47)48)41(54)42-50-36-15-7-8-16-40(36)58-42)52(28-33)43(55)37(24-21-30-10-3-1-4-11-30)51-45(56)57-29-32-12-5-2-6-13-32/h1-8,10-13,15-16,19-20,22-23,33-34,37-38H,9,14,17-18,21,24-29H2,(H,51,56)(H4,47,48,49)/t33-,34-,37-,38+/m1/s1. The molecule has 2 heterocycles. The minimum absolute atomic E-state index is 0.00587. The highest BCUT2D eigenvalue weighted by molar-refractivity contribution is 7.20. The monoisotopic (exact) mass is 820 g/mol. The molecule has 1 aliphatic rings. The van der Waals surface area contributed by atoms with Crippen LogP contribution in [0, 0.1) is 11.8 Å². The zero-order valence-electron chi connectivity index (χ0n) is 32.3. The number of thiazole rings is 1. The van der Waals surface area contributed by atoms with Gasteiger partial charge in [0.2, 0.25) is 5.91 Å². The molecule has 302 valence electrons. The molecule has 1 aromatic heterocycles. The third kappa shape index (κ3) is 12.0. The molecule has 1 saturated heterocycles. The Bertz CT molecular complexity index is 2150. The molecule has 0 saturated carbocycles. The van der Waals surface area contributed by atoms with Crippen molar-refractivity contribution >= 4 is 62.7 Å². The summed E-state index contributed by atoms with van der Waals surface area (Å²) in [5.74, 6) is -1.55. The third-order valence-electron chi connectivity index (χ3n) is 10.5. The molecule has 5 N–H and O–H groups in total. The number of aryl methyl sites for hydroxylation is 2. The normalized spacial score (nSPS) is 16.1. The molecule has 4 atom stereocenters. The van der Waals surface area contributed by atoms with Crippen molar-refractivity contribution in [3.05, 3.63) is 136 Å². The number of alkyl carbamates (subject to hydrolysis) is 1. The number of nitrogens with zero attached hydrogens (tertiary/aromatic N) is 3. The number of hydrogen-bond donors (Lipinski definition) is 3. The van der Waals surface area contributed by atoms with Crippen LogP contribution in [-0.4, -0.2) is 64.6 Å². The topological polar surface area (TPSA) is 170 Å². The van der Waals surface area contributed by atoms with Crippen LogP contribution in [0.3, 0.4) is 0 Å². The van der Waals surface area contributed by atoms with Gasteiger partial charge in [0.05, 0.1) is 16.3 Å². The summed E-state index contributed by atoms with van der Waals surface area (Å²) >= 11 is 7.44. The van der Waals surface area contributed by atoms with Gasteiger partial charge >= 0.3 is 6.09 Å². The van der Waals surface area contributed by atoms with E-state index in [4.69, 9.17) is 27.8 Å². The summed E-state index contributed by atoms with van der Waals surface area (Å²) in [6.07, 6.45) is 2.70. The first kappa shape index (κ1) is 42.0. The number of ether oxygens (including phenoxy) is 1. The SMILES string of the molecule is NC(N)=NCCC[C@H](CC(=O)[C@@H]1C[C@@H](CCc2ccc(Cl)cc2)CN1C(=O)[C@@H](CCc1ccccc1)NC(=O)OCc1ccccc1)C(=O)c1nc2ccccc2s1. The van der Waals surface area contributed by atoms with Crippen molar-refractivity contribution in [2.75, 3.05) is 13.1 Å². The van der Waals surface area contributed by atoms with Crippen LogP contribution in [-0.2, 0) is 33.8 Å². The number of halogens is 1. The Hall–Kier alpha value is -5.59. The minimum Gasteiger partial charge on any atom is -0.445 e. The van der Waals surface area contributed by atoms with Crippen LogP contribution in [0.25, 0.3) is 10.2 Å². The smallest absolute Gasteiger partial charge is 0.408 e. The van der Waals surface area contributed by atoms with Crippen LogP contribution in [0.5, 0.6) is 0 Å². The maximum Gasteiger partial charge on any atom is 0.408 e. The van der Waals surface area contributed by atoms with Gasteiger partial charge in [-0.15, -0.1) is 11.3 Å². The van der Waals surface area contributed by atoms with E-state index in [-0.39, 0.29) is 42.4 Å². The van der Waals surface area contributed by atoms with E-state index >= 15 is 0 Å². The molecule has 5 aromatic rings. The number of ketones is 2. The van der Waals surface area contributed by atoms with Crippen molar-refractivity contribution in [3.63, 3.8) is 0 Å². The van der Waals surface area contributed by atoms with E-state index in [9.17, 15) is 19.2 Å². The molecule has 58 heavy (non-hydrogen) atoms. The van der Waals surface area contributed by atoms with Crippen molar-refractivity contribution in [1.82, 2.24) is 15.2 Å². The maximum atomic E-state index is 14.7. The van der Waals surface area contributed by atoms with Crippen LogP contribution >= 0.6 is 22.9 Å². The first-order valence-corrected chi connectivity index (χ1v) is 20.9. The van der Waals surface area contributed by atoms with E-state index in [0.717, 1.165) is 34.2 Å². The van der Waals surface area contributed by atoms with Gasteiger partial charge in [0, 0.05) is 30.5 Å². The highest BCUT2D eigenvalue weighted by Crippen LogP contribution is 2.33. The third-order valence-corrected chi connectivity index (χ3v) is 11.8. The zero-order chi connectivity index (χ0) is 40.9. The number of hydrogen-bond acceptors (Lipinski definition) is 8. The lowest BCUT2D eigenvalue weighted by atomic mass is 9.88. The number of para-hydroxylation sites is 1. The number of nitrogens with two attached hydrogens (primary N) is 2. The fraction of sp³-hybridized carbons (Fsp3) is 0.333. The Morgan fingerprint density at radius 1 is 0.862 bits per heavy atom. The lowest BCUT2D eigenvalue weighted by Gasteiger charge is -2.29. The highest BCUT2D eigenvalue weighted by Gasteiger charge is 2.42. The second kappa shape index (κ2) is 20.7. The largest absolute Gasteiger partial charge is 0.445 e. The van der Waals surface area contributed by atoms with E-state index < -0.39 is 24.1 Å². The van der Waals surface area contributed by atoms with Crippen molar-refractivity contribution in [1.29, 1.82) is 0 Å². The van der Waals surface area contributed by atoms with Crippen molar-refractivity contribution in [2.24, 2.45) is 28.3 Å². The Balaban J connectivity index is 1.24. The first-order valence-electron chi connectivity index (χ1n) is 19.7. The van der Waals surface area contributed by atoms with E-state index in [1.165, 1.54) is 11.3 Å². The number of amides is 2. The molecule has 0 radical (unpaired) electrons. The second-order valence-corrected chi connectivity index (χ2v) is 16.2. The molecule has 6 rings (SSSR count). The first-order chi connectivity index (χ1) is 28.1. The fourth-order valence-corrected chi connectivity index (χ4v) is 8.54. The zero-order valence-corrected chi connectivity index (χ0v) is 33.9. The number of benzene rings is 4. The second-order valence-electron chi connectivity index (χ2n) is 14.7. The Labute approximate surface area is 347 Å². The molecule has 1 aliphatic heterocycles. The Morgan fingerprint density at radius 3 is 2.24 bits per heavy atom. The van der Waals surface area contributed by atoms with Crippen molar-refractivity contribution in [2.45, 2.75) is 70.1 Å². The van der Waals surface area contributed by atoms with Gasteiger partial charge in [-0.25, -0.2) is 9.78 Å². The number of carbonyl (C=O) groups is 4. The Kier molecular flexibility index (Phi) is 15.0. The number of nitrogens with one attached hydrogen (secondary N) is 1. The van der Waals surface area contributed by atoms with Crippen LogP contribution in [0.15, 0.2) is 114 Å². The van der Waals surface area contributed by atoms with Crippen molar-refractivity contribution in [3.8, 4) is 0 Å². The molecule has 0 spiro atoms. The summed E-state index contributed by atoms with van der Waals surface area (Å²) in [4.78, 5) is 67.0. The predicted octanol–water partition coefficient (Wildman–Crippen LogP) is 7.54. The summed E-state index contributed by atoms with van der Waals surface area (Å²) in [6, 6.07) is 32.5. The van der Waals surface area contributed by atoms with E-state index in [2.05, 4.69) is 15.3 Å². The van der Waals surface area contributed by atoms with Gasteiger partial charge in [0.15, 0.2) is 22.5 Å². The summed E-state index contributed by atoms with van der Waals surface area (Å²) < 4.78 is 6.43. The molecule has 0 bridgehead atoms.